The van der Waals surface area contributed by atoms with Crippen molar-refractivity contribution in [1.82, 2.24) is 10.9 Å². The van der Waals surface area contributed by atoms with E-state index >= 15 is 0 Å². The van der Waals surface area contributed by atoms with E-state index in [1.54, 1.807) is 50.6 Å². The van der Waals surface area contributed by atoms with Gasteiger partial charge < -0.3 is 39.8 Å². The maximum Gasteiger partial charge on any atom is 1.00 e. The number of aryl methyl sites for hydroxylation is 1. The van der Waals surface area contributed by atoms with Crippen molar-refractivity contribution in [2.45, 2.75) is 6.92 Å². The second kappa shape index (κ2) is 18.4. The molecule has 3 aromatic carbocycles. The average Bonchev–Trinajstić information content (AvgIpc) is 2.92. The Morgan fingerprint density at radius 1 is 0.821 bits per heavy atom. The third-order valence-corrected chi connectivity index (χ3v) is 5.02. The van der Waals surface area contributed by atoms with Crippen LogP contribution >= 0.6 is 10.1 Å². The number of methoxy groups -OCH3 is 2. The number of rotatable bonds is 8. The Balaban J connectivity index is 0.00000248. The van der Waals surface area contributed by atoms with Gasteiger partial charge in [0.05, 0.1) is 26.6 Å². The van der Waals surface area contributed by atoms with Crippen LogP contribution in [0.25, 0.3) is 0 Å². The Hall–Kier alpha value is -2.89. The Labute approximate surface area is 261 Å². The summed E-state index contributed by atoms with van der Waals surface area (Å²) in [5.41, 5.74) is 8.31. The number of nitrogens with one attached hydrogen (secondary N) is 2. The van der Waals surface area contributed by atoms with E-state index in [-0.39, 0.29) is 33.2 Å². The van der Waals surface area contributed by atoms with Crippen molar-refractivity contribution < 1.29 is 46.8 Å². The summed E-state index contributed by atoms with van der Waals surface area (Å²) in [4.78, 5) is 8.55. The molecule has 0 aliphatic heterocycles. The topological polar surface area (TPSA) is 112 Å². The molecule has 0 unspecified atom stereocenters. The molecule has 3 N–H and O–H groups in total. The maximum atomic E-state index is 10.7. The minimum absolute atomic E-state index is 0. The number of hydrogen-bond acceptors (Lipinski definition) is 9. The molecule has 0 saturated heterocycles. The van der Waals surface area contributed by atoms with Crippen LogP contribution in [0.3, 0.4) is 0 Å². The smallest absolute Gasteiger partial charge is 1.00 e. The molecule has 0 bridgehead atoms. The zero-order valence-corrected chi connectivity index (χ0v) is 25.1. The van der Waals surface area contributed by atoms with Crippen LogP contribution in [-0.4, -0.2) is 42.1 Å². The van der Waals surface area contributed by atoms with E-state index in [9.17, 15) is 5.11 Å². The van der Waals surface area contributed by atoms with Crippen LogP contribution in [0.1, 0.15) is 16.7 Å². The standard InChI is InChI=1S/C25H26N6O3S2.ClH.2Cu/c1-16-12-17(14-26-30-24(35)28-19-8-4-6-10-21(19)33-2)23(32)18(13-16)15-27-31-25(36)29-20-9-5-7-11-22(20)34-3;;;/h4-15,32H,1-3H3,(H2,28,30,35)(H2,29,31,36);1H;;/q;;+1;+2/p-3/b26-14+,27-15+;;;. The molecule has 39 heavy (non-hydrogen) atoms. The molecule has 0 aliphatic rings. The van der Waals surface area contributed by atoms with Gasteiger partial charge >= 0.3 is 42.3 Å². The molecule has 213 valence electrons. The van der Waals surface area contributed by atoms with Crippen molar-refractivity contribution in [3.63, 3.8) is 0 Å². The van der Waals surface area contributed by atoms with Crippen molar-refractivity contribution in [3.8, 4) is 17.2 Å². The molecule has 14 heteroatoms. The number of phenolic OH excluding ortho intramolecular Hbond substituents is 1. The molecule has 0 atom stereocenters. The Kier molecular flexibility index (Phi) is 16.1. The Morgan fingerprint density at radius 3 is 1.59 bits per heavy atom. The number of phenols is 1. The second-order valence-electron chi connectivity index (χ2n) is 7.21. The van der Waals surface area contributed by atoms with E-state index < -0.39 is 0 Å². The van der Waals surface area contributed by atoms with Gasteiger partial charge in [-0.1, -0.05) is 24.3 Å². The van der Waals surface area contributed by atoms with Crippen molar-refractivity contribution in [2.24, 2.45) is 20.2 Å². The van der Waals surface area contributed by atoms with Crippen molar-refractivity contribution in [3.05, 3.63) is 77.4 Å². The van der Waals surface area contributed by atoms with E-state index in [0.717, 1.165) is 5.56 Å². The molecule has 0 aliphatic carbocycles. The molecule has 0 aromatic heterocycles. The molecular weight excluding hydrogens is 659 g/mol. The predicted octanol–water partition coefficient (Wildman–Crippen LogP) is 4.72. The molecular formula is C25H24ClCu2N6O3S2. The monoisotopic (exact) mass is 681 g/mol. The summed E-state index contributed by atoms with van der Waals surface area (Å²) < 4.78 is 10.5. The number of halogens is 1. The summed E-state index contributed by atoms with van der Waals surface area (Å²) in [5.74, 6) is 1.17. The van der Waals surface area contributed by atoms with Crippen LogP contribution < -0.4 is 20.3 Å². The maximum absolute atomic E-state index is 10.7. The van der Waals surface area contributed by atoms with E-state index in [1.807, 2.05) is 31.2 Å². The number of hydrogen-bond donors (Lipinski definition) is 3. The normalized spacial score (nSPS) is 11.4. The van der Waals surface area contributed by atoms with Gasteiger partial charge in [-0.3, -0.25) is 20.8 Å². The Bertz CT molecular complexity index is 1250. The van der Waals surface area contributed by atoms with E-state index in [4.69, 9.17) is 34.7 Å². The zero-order valence-electron chi connectivity index (χ0n) is 20.8. The number of amidine groups is 2. The quantitative estimate of drug-likeness (QED) is 0.104. The first-order valence-electron chi connectivity index (χ1n) is 10.7. The average molecular weight is 683 g/mol. The van der Waals surface area contributed by atoms with Crippen LogP contribution in [0.15, 0.2) is 80.9 Å². The van der Waals surface area contributed by atoms with Crippen molar-refractivity contribution in [2.75, 3.05) is 14.2 Å². The van der Waals surface area contributed by atoms with E-state index in [1.165, 1.54) is 12.4 Å². The second-order valence-corrected chi connectivity index (χ2v) is 7.98. The number of aromatic hydroxyl groups is 1. The van der Waals surface area contributed by atoms with Crippen LogP contribution in [0.4, 0.5) is 11.4 Å². The van der Waals surface area contributed by atoms with Gasteiger partial charge in [0.2, 0.25) is 0 Å². The third-order valence-electron chi connectivity index (χ3n) is 4.66. The number of nitrogens with zero attached hydrogens (tertiary/aromatic N) is 4. The van der Waals surface area contributed by atoms with Crippen LogP contribution in [0, 0.1) is 6.92 Å². The summed E-state index contributed by atoms with van der Waals surface area (Å²) in [7, 11) is 7.32. The van der Waals surface area contributed by atoms with E-state index in [2.05, 4.69) is 56.2 Å². The Morgan fingerprint density at radius 2 is 1.21 bits per heavy atom. The molecule has 0 radical (unpaired) electrons. The summed E-state index contributed by atoms with van der Waals surface area (Å²) in [6, 6.07) is 18.0. The summed E-state index contributed by atoms with van der Waals surface area (Å²) in [5, 5.41) is 19.1. The SMILES string of the molecule is COc1ccccc1N=C([S-])N/N=C/c1cc(C)cc(/C=N/NC([S-])=Nc2ccccc2OC)c1O.[Cl][Cu+].[Cu+]. The van der Waals surface area contributed by atoms with Crippen LogP contribution in [0.5, 0.6) is 17.2 Å². The van der Waals surface area contributed by atoms with Crippen molar-refractivity contribution in [1.29, 1.82) is 0 Å². The molecule has 0 heterocycles. The van der Waals surface area contributed by atoms with Gasteiger partial charge in [-0.05, 0) is 48.9 Å². The fraction of sp³-hybridized carbons (Fsp3) is 0.120. The summed E-state index contributed by atoms with van der Waals surface area (Å²) in [6.45, 7) is 1.89. The predicted molar refractivity (Wildman–Crippen MR) is 155 cm³/mol. The first-order valence-corrected chi connectivity index (χ1v) is 12.8. The third kappa shape index (κ3) is 11.0. The minimum Gasteiger partial charge on any atom is 1.00 e. The van der Waals surface area contributed by atoms with Gasteiger partial charge in [0.15, 0.2) is 0 Å². The van der Waals surface area contributed by atoms with Gasteiger partial charge in [-0.25, -0.2) is 0 Å². The van der Waals surface area contributed by atoms with E-state index in [0.29, 0.717) is 34.0 Å². The summed E-state index contributed by atoms with van der Waals surface area (Å²) in [6.07, 6.45) is 2.89. The first kappa shape index (κ1) is 34.1. The number of aliphatic imine (C=N–C) groups is 2. The summed E-state index contributed by atoms with van der Waals surface area (Å²) >= 11 is 14.1. The number of hydrazone groups is 2. The van der Waals surface area contributed by atoms with Gasteiger partial charge in [0.25, 0.3) is 0 Å². The minimum atomic E-state index is -0.0168. The molecule has 0 spiro atoms. The van der Waals surface area contributed by atoms with Crippen LogP contribution in [-0.2, 0) is 57.4 Å². The molecule has 0 fully saturated rings. The van der Waals surface area contributed by atoms with Gasteiger partial charge in [0, 0.05) is 21.5 Å². The van der Waals surface area contributed by atoms with Gasteiger partial charge in [-0.2, -0.15) is 10.2 Å². The van der Waals surface area contributed by atoms with Crippen molar-refractivity contribution >= 4 is 69.5 Å². The van der Waals surface area contributed by atoms with Gasteiger partial charge in [-0.15, -0.1) is 0 Å². The largest absolute Gasteiger partial charge is 1.00 e. The fourth-order valence-corrected chi connectivity index (χ4v) is 3.36. The molecule has 3 aromatic rings. The zero-order chi connectivity index (χ0) is 27.9. The number of ether oxygens (including phenoxy) is 2. The van der Waals surface area contributed by atoms with Gasteiger partial charge in [0.1, 0.15) is 28.6 Å². The molecule has 0 amide bonds. The fourth-order valence-electron chi connectivity index (χ4n) is 3.06. The molecule has 3 rings (SSSR count). The number of para-hydroxylation sites is 4. The van der Waals surface area contributed by atoms with Crippen LogP contribution in [0.2, 0.25) is 0 Å². The molecule has 0 saturated carbocycles. The molecule has 9 nitrogen and oxygen atoms in total. The first-order chi connectivity index (χ1) is 18.4. The number of benzene rings is 3.